The summed E-state index contributed by atoms with van der Waals surface area (Å²) in [6, 6.07) is 5.64. The first kappa shape index (κ1) is 55.9. The molecular formula is C48H60N22O8. The van der Waals surface area contributed by atoms with Gasteiger partial charge in [-0.1, -0.05) is 0 Å². The van der Waals surface area contributed by atoms with Crippen LogP contribution in [-0.2, 0) is 42.3 Å². The summed E-state index contributed by atoms with van der Waals surface area (Å²) in [6.45, 7) is 2.51. The Balaban J connectivity index is 0.882. The van der Waals surface area contributed by atoms with E-state index in [0.717, 1.165) is 25.9 Å². The average molecular weight is 1070 g/mol. The summed E-state index contributed by atoms with van der Waals surface area (Å²) in [5.74, 6) is -4.35. The van der Waals surface area contributed by atoms with E-state index in [4.69, 9.17) is 0 Å². The third kappa shape index (κ3) is 13.9. The smallest absolute Gasteiger partial charge is 0.292 e. The predicted octanol–water partition coefficient (Wildman–Crippen LogP) is 0.964. The number of carbonyl (C=O) groups excluding carboxylic acids is 8. The van der Waals surface area contributed by atoms with Crippen LogP contribution in [0.25, 0.3) is 0 Å². The molecule has 410 valence electrons. The molecule has 78 heavy (non-hydrogen) atoms. The number of rotatable bonds is 22. The van der Waals surface area contributed by atoms with E-state index >= 15 is 0 Å². The van der Waals surface area contributed by atoms with Crippen LogP contribution in [0.5, 0.6) is 0 Å². The Kier molecular flexibility index (Phi) is 17.4. The van der Waals surface area contributed by atoms with Crippen LogP contribution in [0.15, 0.2) is 61.4 Å². The fourth-order valence-corrected chi connectivity index (χ4v) is 7.62. The van der Waals surface area contributed by atoms with Crippen molar-refractivity contribution in [2.24, 2.45) is 42.3 Å². The van der Waals surface area contributed by atoms with E-state index in [0.29, 0.717) is 13.1 Å². The molecule has 8 amide bonds. The first-order valence-electron chi connectivity index (χ1n) is 24.1. The Morgan fingerprint density at radius 1 is 0.346 bits per heavy atom. The summed E-state index contributed by atoms with van der Waals surface area (Å²) in [4.78, 5) is 134. The van der Waals surface area contributed by atoms with Crippen LogP contribution < -0.4 is 42.5 Å². The number of hydrogen-bond donors (Lipinski definition) is 8. The molecule has 6 aromatic heterocycles. The molecule has 0 unspecified atom stereocenters. The first-order chi connectivity index (χ1) is 37.0. The number of anilines is 6. The molecule has 0 aliphatic rings. The number of aromatic nitrogens is 12. The zero-order chi connectivity index (χ0) is 56.5. The number of amides is 8. The van der Waals surface area contributed by atoms with Crippen molar-refractivity contribution < 1.29 is 38.4 Å². The number of nitrogens with one attached hydrogen (secondary N) is 8. The summed E-state index contributed by atoms with van der Waals surface area (Å²) in [5.41, 5.74) is 0.319. The number of carbonyl (C=O) groups is 8. The van der Waals surface area contributed by atoms with Gasteiger partial charge < -0.3 is 79.7 Å². The lowest BCUT2D eigenvalue weighted by atomic mass is 10.1. The molecule has 0 bridgehead atoms. The topological polar surface area (TPSA) is 346 Å². The normalized spacial score (nSPS) is 11.1. The summed E-state index contributed by atoms with van der Waals surface area (Å²) >= 11 is 0. The SMILES string of the molecule is CN(C)CCCNC(=O)c1nc(NC(=O)c2nc(NC(=O)c3nc(NC(=O)c4ccc(C(=O)Nc5cn(C)c(C(=O)Nc6cn(C)c(C(=O)Nc7cn(C)c(C(=O)NCCCN(C)C)n7)n6)n5)cc4)cn3C)cn2C)cn1C. The van der Waals surface area contributed by atoms with Gasteiger partial charge in [0.05, 0.1) is 0 Å². The maximum Gasteiger partial charge on any atom is 0.292 e. The molecule has 0 atom stereocenters. The molecule has 0 spiro atoms. The lowest BCUT2D eigenvalue weighted by molar-refractivity contribution is 0.0931. The van der Waals surface area contributed by atoms with Crippen molar-refractivity contribution in [3.05, 3.63) is 108 Å². The number of aryl methyl sites for hydroxylation is 6. The molecule has 0 saturated heterocycles. The van der Waals surface area contributed by atoms with Crippen molar-refractivity contribution in [3.63, 3.8) is 0 Å². The molecule has 7 rings (SSSR count). The van der Waals surface area contributed by atoms with E-state index in [1.165, 1.54) is 88.8 Å². The maximum atomic E-state index is 13.3. The maximum absolute atomic E-state index is 13.3. The Hall–Kier alpha value is -9.84. The second-order valence-corrected chi connectivity index (χ2v) is 18.5. The van der Waals surface area contributed by atoms with E-state index in [2.05, 4.69) is 72.4 Å². The monoisotopic (exact) mass is 1070 g/mol. The Morgan fingerprint density at radius 3 is 0.769 bits per heavy atom. The van der Waals surface area contributed by atoms with Gasteiger partial charge in [0, 0.05) is 104 Å². The Morgan fingerprint density at radius 2 is 0.551 bits per heavy atom. The van der Waals surface area contributed by atoms with Crippen molar-refractivity contribution in [1.82, 2.24) is 77.7 Å². The zero-order valence-electron chi connectivity index (χ0n) is 44.5. The van der Waals surface area contributed by atoms with Gasteiger partial charge in [-0.25, -0.2) is 29.9 Å². The van der Waals surface area contributed by atoms with Crippen LogP contribution in [-0.4, -0.2) is 169 Å². The van der Waals surface area contributed by atoms with Gasteiger partial charge in [-0.15, -0.1) is 0 Å². The summed E-state index contributed by atoms with van der Waals surface area (Å²) in [7, 11) is 17.2. The fraction of sp³-hybridized carbons (Fsp3) is 0.333. The minimum atomic E-state index is -0.693. The van der Waals surface area contributed by atoms with Gasteiger partial charge >= 0.3 is 0 Å². The van der Waals surface area contributed by atoms with Crippen LogP contribution in [0.4, 0.5) is 34.9 Å². The minimum absolute atomic E-state index is 0.0334. The van der Waals surface area contributed by atoms with Gasteiger partial charge in [0.1, 0.15) is 0 Å². The van der Waals surface area contributed by atoms with Gasteiger partial charge in [0.25, 0.3) is 47.3 Å². The second kappa shape index (κ2) is 24.2. The van der Waals surface area contributed by atoms with Gasteiger partial charge in [0.2, 0.25) is 34.9 Å². The molecule has 0 saturated carbocycles. The molecule has 7 aromatic rings. The van der Waals surface area contributed by atoms with Crippen molar-refractivity contribution in [2.45, 2.75) is 12.8 Å². The summed E-state index contributed by atoms with van der Waals surface area (Å²) in [6.07, 6.45) is 10.2. The number of imidazole rings is 6. The van der Waals surface area contributed by atoms with Gasteiger partial charge in [-0.2, -0.15) is 0 Å². The Bertz CT molecular complexity index is 3180. The van der Waals surface area contributed by atoms with E-state index in [-0.39, 0.29) is 81.0 Å². The van der Waals surface area contributed by atoms with Crippen molar-refractivity contribution >= 4 is 82.2 Å². The lowest BCUT2D eigenvalue weighted by Crippen LogP contribution is -2.29. The molecule has 8 N–H and O–H groups in total. The molecule has 0 aliphatic heterocycles. The van der Waals surface area contributed by atoms with Crippen LogP contribution in [0.2, 0.25) is 0 Å². The fourth-order valence-electron chi connectivity index (χ4n) is 7.62. The standard InChI is InChI=1S/C48H60N22O8/c1-63(2)19-11-17-49-43(73)35-51-31(23-65(35)5)59-47(77)39-55-33(25-69(39)9)61-45(75)37-53-29(21-67(37)7)57-41(71)27-13-15-28(16-14-27)42(72)58-30-22-68(8)38(54-30)46(76)62-34-26-70(10)40(56-34)48(78)60-32-24-66(6)36(52-32)44(74)50-18-12-20-64(3)4/h13-16,21-26H,11-12,17-20H2,1-10H3,(H,49,73)(H,50,74)(H,57,71)(H,58,72)(H,59,77)(H,60,78)(H,61,75)(H,62,76). The van der Waals surface area contributed by atoms with Gasteiger partial charge in [-0.3, -0.25) is 38.4 Å². The molecule has 30 heteroatoms. The van der Waals surface area contributed by atoms with E-state index in [9.17, 15) is 38.4 Å². The highest BCUT2D eigenvalue weighted by atomic mass is 16.2. The minimum Gasteiger partial charge on any atom is -0.349 e. The quantitative estimate of drug-likeness (QED) is 0.0438. The van der Waals surface area contributed by atoms with E-state index < -0.39 is 47.3 Å². The number of benzene rings is 1. The highest BCUT2D eigenvalue weighted by Crippen LogP contribution is 2.18. The zero-order valence-corrected chi connectivity index (χ0v) is 44.5. The van der Waals surface area contributed by atoms with E-state index in [1.54, 1.807) is 42.3 Å². The summed E-state index contributed by atoms with van der Waals surface area (Å²) < 4.78 is 8.54. The average Bonchev–Trinajstić information content (AvgIpc) is 4.25. The molecular weight excluding hydrogens is 1010 g/mol. The van der Waals surface area contributed by atoms with Gasteiger partial charge in [-0.05, 0) is 78.4 Å². The first-order valence-corrected chi connectivity index (χ1v) is 24.1. The third-order valence-electron chi connectivity index (χ3n) is 11.5. The van der Waals surface area contributed by atoms with E-state index in [1.807, 2.05) is 38.0 Å². The second-order valence-electron chi connectivity index (χ2n) is 18.5. The molecule has 1 aromatic carbocycles. The predicted molar refractivity (Wildman–Crippen MR) is 284 cm³/mol. The number of hydrogen-bond acceptors (Lipinski definition) is 16. The molecule has 0 fully saturated rings. The van der Waals surface area contributed by atoms with Crippen LogP contribution in [0, 0.1) is 0 Å². The van der Waals surface area contributed by atoms with Crippen molar-refractivity contribution in [3.8, 4) is 0 Å². The molecule has 0 radical (unpaired) electrons. The molecule has 0 aliphatic carbocycles. The lowest BCUT2D eigenvalue weighted by Gasteiger charge is -2.09. The van der Waals surface area contributed by atoms with Crippen LogP contribution >= 0.6 is 0 Å². The Labute approximate surface area is 446 Å². The van der Waals surface area contributed by atoms with Crippen molar-refractivity contribution in [2.75, 3.05) is 86.3 Å². The third-order valence-corrected chi connectivity index (χ3v) is 11.5. The number of nitrogens with zero attached hydrogens (tertiary/aromatic N) is 14. The largest absolute Gasteiger partial charge is 0.349 e. The van der Waals surface area contributed by atoms with Crippen LogP contribution in [0.1, 0.15) is 97.3 Å². The van der Waals surface area contributed by atoms with Crippen LogP contribution in [0.3, 0.4) is 0 Å². The molecule has 6 heterocycles. The molecule has 30 nitrogen and oxygen atoms in total. The summed E-state index contributed by atoms with van der Waals surface area (Å²) in [5, 5.41) is 21.3. The van der Waals surface area contributed by atoms with Crippen molar-refractivity contribution in [1.29, 1.82) is 0 Å². The highest BCUT2D eigenvalue weighted by Gasteiger charge is 2.24. The highest BCUT2D eigenvalue weighted by molar-refractivity contribution is 6.09. The van der Waals surface area contributed by atoms with Gasteiger partial charge in [0.15, 0.2) is 34.9 Å².